The topological polar surface area (TPSA) is 86.1 Å². The molecular weight excluding hydrogens is 352 g/mol. The van der Waals surface area contributed by atoms with Crippen LogP contribution in [0, 0.1) is 0 Å². The van der Waals surface area contributed by atoms with E-state index in [9.17, 15) is 9.59 Å². The molecule has 0 aliphatic carbocycles. The highest BCUT2D eigenvalue weighted by atomic mass is 79.9. The first-order valence-electron chi connectivity index (χ1n) is 6.67. The quantitative estimate of drug-likeness (QED) is 0.787. The van der Waals surface area contributed by atoms with E-state index in [4.69, 9.17) is 4.74 Å². The van der Waals surface area contributed by atoms with Gasteiger partial charge in [-0.3, -0.25) is 9.59 Å². The highest BCUT2D eigenvalue weighted by molar-refractivity contribution is 9.10. The van der Waals surface area contributed by atoms with Crippen molar-refractivity contribution in [2.24, 2.45) is 0 Å². The van der Waals surface area contributed by atoms with Gasteiger partial charge in [-0.25, -0.2) is 4.68 Å². The van der Waals surface area contributed by atoms with Gasteiger partial charge >= 0.3 is 5.97 Å². The van der Waals surface area contributed by atoms with Gasteiger partial charge < -0.3 is 10.1 Å². The third-order valence-corrected chi connectivity index (χ3v) is 3.49. The molecule has 1 N–H and O–H groups in total. The van der Waals surface area contributed by atoms with E-state index in [2.05, 4.69) is 31.6 Å². The van der Waals surface area contributed by atoms with Crippen LogP contribution in [0.5, 0.6) is 0 Å². The lowest BCUT2D eigenvalue weighted by molar-refractivity contribution is -0.144. The largest absolute Gasteiger partial charge is 0.465 e. The Balaban J connectivity index is 1.91. The van der Waals surface area contributed by atoms with Crippen LogP contribution in [-0.2, 0) is 27.3 Å². The number of halogens is 1. The molecule has 0 saturated heterocycles. The normalized spacial score (nSPS) is 10.3. The van der Waals surface area contributed by atoms with Gasteiger partial charge in [0, 0.05) is 4.47 Å². The number of carbonyl (C=O) groups excluding carboxylic acids is 2. The van der Waals surface area contributed by atoms with Crippen molar-refractivity contribution in [1.82, 2.24) is 15.0 Å². The number of ether oxygens (including phenoxy) is 1. The molecule has 0 aliphatic heterocycles. The van der Waals surface area contributed by atoms with Crippen LogP contribution in [-0.4, -0.2) is 33.5 Å². The van der Waals surface area contributed by atoms with Crippen LogP contribution in [0.3, 0.4) is 0 Å². The van der Waals surface area contributed by atoms with E-state index in [1.165, 1.54) is 10.9 Å². The molecule has 7 nitrogen and oxygen atoms in total. The molecule has 0 atom stereocenters. The average molecular weight is 367 g/mol. The smallest absolute Gasteiger partial charge is 0.327 e. The van der Waals surface area contributed by atoms with Crippen molar-refractivity contribution >= 4 is 33.6 Å². The Kier molecular flexibility index (Phi) is 5.65. The molecule has 1 heterocycles. The van der Waals surface area contributed by atoms with Gasteiger partial charge in [0.2, 0.25) is 5.91 Å². The first-order valence-corrected chi connectivity index (χ1v) is 7.46. The third kappa shape index (κ3) is 4.66. The van der Waals surface area contributed by atoms with E-state index < -0.39 is 5.97 Å². The fraction of sp³-hybridized carbons (Fsp3) is 0.286. The molecule has 1 aromatic heterocycles. The maximum absolute atomic E-state index is 12.0. The molecule has 2 rings (SSSR count). The third-order valence-electron chi connectivity index (χ3n) is 2.71. The average Bonchev–Trinajstić information content (AvgIpc) is 2.88. The van der Waals surface area contributed by atoms with E-state index in [0.29, 0.717) is 12.4 Å². The van der Waals surface area contributed by atoms with Crippen LogP contribution in [0.25, 0.3) is 0 Å². The maximum Gasteiger partial charge on any atom is 0.327 e. The summed E-state index contributed by atoms with van der Waals surface area (Å²) in [5.74, 6) is -0.324. The number of benzene rings is 1. The minimum Gasteiger partial charge on any atom is -0.465 e. The molecule has 0 bridgehead atoms. The Bertz CT molecular complexity index is 672. The standard InChI is InChI=1S/C14H15BrN4O3/c1-2-22-14(21)9-19-8-12(17-18-19)16-13(20)7-10-5-3-4-6-11(10)15/h3-6,8H,2,7,9H2,1H3,(H,16,20). The number of nitrogens with zero attached hydrogens (tertiary/aromatic N) is 3. The number of nitrogens with one attached hydrogen (secondary N) is 1. The SMILES string of the molecule is CCOC(=O)Cn1cc(NC(=O)Cc2ccccc2Br)nn1. The van der Waals surface area contributed by atoms with Crippen LogP contribution in [0.15, 0.2) is 34.9 Å². The van der Waals surface area contributed by atoms with Crippen LogP contribution in [0.2, 0.25) is 0 Å². The molecule has 0 radical (unpaired) electrons. The number of hydrogen-bond donors (Lipinski definition) is 1. The van der Waals surface area contributed by atoms with Crippen molar-refractivity contribution in [2.45, 2.75) is 19.9 Å². The number of anilines is 1. The number of esters is 1. The summed E-state index contributed by atoms with van der Waals surface area (Å²) in [4.78, 5) is 23.3. The Morgan fingerprint density at radius 2 is 2.14 bits per heavy atom. The summed E-state index contributed by atoms with van der Waals surface area (Å²) in [6.07, 6.45) is 1.70. The van der Waals surface area contributed by atoms with Gasteiger partial charge in [0.05, 0.1) is 19.2 Å². The van der Waals surface area contributed by atoms with E-state index in [-0.39, 0.29) is 18.9 Å². The molecular formula is C14H15BrN4O3. The predicted molar refractivity (Wildman–Crippen MR) is 83.1 cm³/mol. The molecule has 0 fully saturated rings. The molecule has 22 heavy (non-hydrogen) atoms. The van der Waals surface area contributed by atoms with Gasteiger partial charge in [0.25, 0.3) is 0 Å². The number of rotatable bonds is 6. The first kappa shape index (κ1) is 16.2. The lowest BCUT2D eigenvalue weighted by atomic mass is 10.1. The van der Waals surface area contributed by atoms with E-state index >= 15 is 0 Å². The molecule has 2 aromatic rings. The van der Waals surface area contributed by atoms with Crippen molar-refractivity contribution in [1.29, 1.82) is 0 Å². The van der Waals surface area contributed by atoms with Gasteiger partial charge in [-0.2, -0.15) is 0 Å². The molecule has 1 aromatic carbocycles. The fourth-order valence-electron chi connectivity index (χ4n) is 1.77. The highest BCUT2D eigenvalue weighted by Gasteiger charge is 2.10. The van der Waals surface area contributed by atoms with E-state index in [1.54, 1.807) is 6.92 Å². The predicted octanol–water partition coefficient (Wildman–Crippen LogP) is 1.78. The van der Waals surface area contributed by atoms with Crippen LogP contribution >= 0.6 is 15.9 Å². The van der Waals surface area contributed by atoms with Crippen LogP contribution < -0.4 is 5.32 Å². The van der Waals surface area contributed by atoms with Crippen molar-refractivity contribution < 1.29 is 14.3 Å². The molecule has 0 spiro atoms. The second-order valence-electron chi connectivity index (χ2n) is 4.42. The second-order valence-corrected chi connectivity index (χ2v) is 5.28. The lowest BCUT2D eigenvalue weighted by Crippen LogP contribution is -2.15. The molecule has 116 valence electrons. The van der Waals surface area contributed by atoms with Gasteiger partial charge in [0.1, 0.15) is 6.54 Å². The Morgan fingerprint density at radius 3 is 2.86 bits per heavy atom. The van der Waals surface area contributed by atoms with Gasteiger partial charge in [-0.05, 0) is 18.6 Å². The highest BCUT2D eigenvalue weighted by Crippen LogP contribution is 2.16. The van der Waals surface area contributed by atoms with Crippen molar-refractivity contribution in [2.75, 3.05) is 11.9 Å². The molecule has 1 amide bonds. The number of hydrogen-bond acceptors (Lipinski definition) is 5. The summed E-state index contributed by atoms with van der Waals surface area (Å²) in [6.45, 7) is 2.00. The molecule has 0 saturated carbocycles. The maximum atomic E-state index is 12.0. The monoisotopic (exact) mass is 366 g/mol. The zero-order valence-corrected chi connectivity index (χ0v) is 13.5. The summed E-state index contributed by atoms with van der Waals surface area (Å²) >= 11 is 3.39. The Morgan fingerprint density at radius 1 is 1.36 bits per heavy atom. The van der Waals surface area contributed by atoms with Gasteiger partial charge in [0.15, 0.2) is 5.82 Å². The van der Waals surface area contributed by atoms with Crippen LogP contribution in [0.1, 0.15) is 12.5 Å². The number of carbonyl (C=O) groups is 2. The summed E-state index contributed by atoms with van der Waals surface area (Å²) < 4.78 is 6.99. The van der Waals surface area contributed by atoms with Crippen molar-refractivity contribution in [3.63, 3.8) is 0 Å². The number of amides is 1. The summed E-state index contributed by atoms with van der Waals surface area (Å²) in [6, 6.07) is 7.48. The fourth-order valence-corrected chi connectivity index (χ4v) is 2.20. The van der Waals surface area contributed by atoms with Crippen LogP contribution in [0.4, 0.5) is 5.82 Å². The zero-order valence-electron chi connectivity index (χ0n) is 12.0. The second kappa shape index (κ2) is 7.69. The Labute approximate surface area is 135 Å². The summed E-state index contributed by atoms with van der Waals surface area (Å²) in [5.41, 5.74) is 0.874. The van der Waals surface area contributed by atoms with Gasteiger partial charge in [-0.1, -0.05) is 39.3 Å². The number of aromatic nitrogens is 3. The minimum absolute atomic E-state index is 0.0407. The molecule has 8 heteroatoms. The molecule has 0 unspecified atom stereocenters. The van der Waals surface area contributed by atoms with E-state index in [1.807, 2.05) is 24.3 Å². The van der Waals surface area contributed by atoms with Crippen molar-refractivity contribution in [3.8, 4) is 0 Å². The van der Waals surface area contributed by atoms with E-state index in [0.717, 1.165) is 10.0 Å². The van der Waals surface area contributed by atoms with Gasteiger partial charge in [-0.15, -0.1) is 5.10 Å². The Hall–Kier alpha value is -2.22. The summed E-state index contributed by atoms with van der Waals surface area (Å²) in [7, 11) is 0. The summed E-state index contributed by atoms with van der Waals surface area (Å²) in [5, 5.41) is 10.2. The molecule has 0 aliphatic rings. The first-order chi connectivity index (χ1) is 10.6. The minimum atomic E-state index is -0.404. The zero-order chi connectivity index (χ0) is 15.9. The lowest BCUT2D eigenvalue weighted by Gasteiger charge is -2.04. The van der Waals surface area contributed by atoms with Crippen molar-refractivity contribution in [3.05, 3.63) is 40.5 Å².